The van der Waals surface area contributed by atoms with Crippen molar-refractivity contribution in [2.45, 2.75) is 32.7 Å². The number of phenols is 1. The molecular formula is C17H21N3O2. The number of phenolic OH excluding ortho intramolecular Hbond substituents is 1. The van der Waals surface area contributed by atoms with Gasteiger partial charge in [-0.1, -0.05) is 6.92 Å². The van der Waals surface area contributed by atoms with E-state index in [-0.39, 0.29) is 17.7 Å². The number of carbonyl (C=O) groups excluding carboxylic acids is 1. The van der Waals surface area contributed by atoms with Crippen LogP contribution in [0.4, 0.5) is 11.4 Å². The number of pyridine rings is 1. The SMILES string of the molecule is CCCC(=O)Nc1ccc(O)c(C(C)Nc2cccnc2)c1. The van der Waals surface area contributed by atoms with Crippen LogP contribution >= 0.6 is 0 Å². The predicted molar refractivity (Wildman–Crippen MR) is 87.9 cm³/mol. The molecule has 1 unspecified atom stereocenters. The van der Waals surface area contributed by atoms with E-state index in [0.29, 0.717) is 12.1 Å². The van der Waals surface area contributed by atoms with Gasteiger partial charge >= 0.3 is 0 Å². The Labute approximate surface area is 130 Å². The molecule has 0 aliphatic carbocycles. The Morgan fingerprint density at radius 2 is 2.14 bits per heavy atom. The Morgan fingerprint density at radius 1 is 1.32 bits per heavy atom. The highest BCUT2D eigenvalue weighted by molar-refractivity contribution is 5.90. The van der Waals surface area contributed by atoms with Gasteiger partial charge in [0.15, 0.2) is 0 Å². The second-order valence-corrected chi connectivity index (χ2v) is 5.18. The fourth-order valence-electron chi connectivity index (χ4n) is 2.21. The van der Waals surface area contributed by atoms with Crippen LogP contribution in [0.1, 0.15) is 38.3 Å². The van der Waals surface area contributed by atoms with Gasteiger partial charge in [-0.2, -0.15) is 0 Å². The zero-order chi connectivity index (χ0) is 15.9. The van der Waals surface area contributed by atoms with Crippen LogP contribution in [-0.2, 0) is 4.79 Å². The second kappa shape index (κ2) is 7.45. The molecule has 22 heavy (non-hydrogen) atoms. The fourth-order valence-corrected chi connectivity index (χ4v) is 2.21. The summed E-state index contributed by atoms with van der Waals surface area (Å²) in [5.41, 5.74) is 2.28. The van der Waals surface area contributed by atoms with E-state index >= 15 is 0 Å². The second-order valence-electron chi connectivity index (χ2n) is 5.18. The highest BCUT2D eigenvalue weighted by Crippen LogP contribution is 2.29. The van der Waals surface area contributed by atoms with E-state index in [1.165, 1.54) is 0 Å². The lowest BCUT2D eigenvalue weighted by molar-refractivity contribution is -0.116. The first-order valence-electron chi connectivity index (χ1n) is 7.39. The molecule has 1 amide bonds. The summed E-state index contributed by atoms with van der Waals surface area (Å²) in [4.78, 5) is 15.7. The Bertz CT molecular complexity index is 629. The topological polar surface area (TPSA) is 74.2 Å². The van der Waals surface area contributed by atoms with Crippen molar-refractivity contribution in [1.29, 1.82) is 0 Å². The Kier molecular flexibility index (Phi) is 5.36. The Balaban J connectivity index is 2.13. The Morgan fingerprint density at radius 3 is 2.82 bits per heavy atom. The molecule has 0 radical (unpaired) electrons. The van der Waals surface area contributed by atoms with E-state index in [4.69, 9.17) is 0 Å². The zero-order valence-corrected chi connectivity index (χ0v) is 12.8. The van der Waals surface area contributed by atoms with E-state index in [1.54, 1.807) is 30.6 Å². The molecular weight excluding hydrogens is 278 g/mol. The first-order valence-corrected chi connectivity index (χ1v) is 7.39. The van der Waals surface area contributed by atoms with Gasteiger partial charge in [0.2, 0.25) is 5.91 Å². The number of nitrogens with one attached hydrogen (secondary N) is 2. The minimum atomic E-state index is -0.118. The minimum absolute atomic E-state index is 0.0213. The van der Waals surface area contributed by atoms with Gasteiger partial charge in [0, 0.05) is 30.1 Å². The van der Waals surface area contributed by atoms with Crippen molar-refractivity contribution in [3.8, 4) is 5.75 Å². The smallest absolute Gasteiger partial charge is 0.224 e. The molecule has 1 aromatic heterocycles. The maximum atomic E-state index is 11.7. The van der Waals surface area contributed by atoms with Crippen LogP contribution in [0, 0.1) is 0 Å². The van der Waals surface area contributed by atoms with Crippen LogP contribution in [0.15, 0.2) is 42.7 Å². The van der Waals surface area contributed by atoms with E-state index in [1.807, 2.05) is 26.0 Å². The number of amides is 1. The molecule has 1 atom stereocenters. The van der Waals surface area contributed by atoms with Crippen LogP contribution in [0.3, 0.4) is 0 Å². The van der Waals surface area contributed by atoms with Crippen molar-refractivity contribution in [2.24, 2.45) is 0 Å². The summed E-state index contributed by atoms with van der Waals surface area (Å²) in [6.07, 6.45) is 4.72. The lowest BCUT2D eigenvalue weighted by Gasteiger charge is -2.18. The number of anilines is 2. The third-order valence-electron chi connectivity index (χ3n) is 3.30. The van der Waals surface area contributed by atoms with Gasteiger partial charge in [0.1, 0.15) is 5.75 Å². The number of aromatic nitrogens is 1. The lowest BCUT2D eigenvalue weighted by atomic mass is 10.1. The molecule has 5 nitrogen and oxygen atoms in total. The number of nitrogens with zero attached hydrogens (tertiary/aromatic N) is 1. The molecule has 0 fully saturated rings. The molecule has 5 heteroatoms. The minimum Gasteiger partial charge on any atom is -0.508 e. The Hall–Kier alpha value is -2.56. The third kappa shape index (κ3) is 4.22. The standard InChI is InChI=1S/C17H21N3O2/c1-3-5-17(22)20-13-7-8-16(21)15(10-13)12(2)19-14-6-4-9-18-11-14/h4,6-12,19,21H,3,5H2,1-2H3,(H,20,22). The number of hydrogen-bond donors (Lipinski definition) is 3. The number of hydrogen-bond acceptors (Lipinski definition) is 4. The van der Waals surface area contributed by atoms with Crippen molar-refractivity contribution in [1.82, 2.24) is 4.98 Å². The predicted octanol–water partition coefficient (Wildman–Crippen LogP) is 3.70. The summed E-state index contributed by atoms with van der Waals surface area (Å²) in [5.74, 6) is 0.171. The van der Waals surface area contributed by atoms with Crippen LogP contribution in [0.25, 0.3) is 0 Å². The summed E-state index contributed by atoms with van der Waals surface area (Å²) in [6.45, 7) is 3.90. The van der Waals surface area contributed by atoms with Crippen molar-refractivity contribution in [3.63, 3.8) is 0 Å². The van der Waals surface area contributed by atoms with Crippen molar-refractivity contribution >= 4 is 17.3 Å². The number of carbonyl (C=O) groups is 1. The number of benzene rings is 1. The van der Waals surface area contributed by atoms with Gasteiger partial charge in [-0.15, -0.1) is 0 Å². The molecule has 0 saturated carbocycles. The quantitative estimate of drug-likeness (QED) is 0.711. The molecule has 116 valence electrons. The van der Waals surface area contributed by atoms with Gasteiger partial charge < -0.3 is 15.7 Å². The molecule has 1 aromatic carbocycles. The van der Waals surface area contributed by atoms with E-state index in [9.17, 15) is 9.90 Å². The molecule has 3 N–H and O–H groups in total. The van der Waals surface area contributed by atoms with Crippen LogP contribution in [-0.4, -0.2) is 16.0 Å². The van der Waals surface area contributed by atoms with E-state index in [2.05, 4.69) is 15.6 Å². The highest BCUT2D eigenvalue weighted by Gasteiger charge is 2.12. The first-order chi connectivity index (χ1) is 10.6. The molecule has 2 rings (SSSR count). The summed E-state index contributed by atoms with van der Waals surface area (Å²) in [6, 6.07) is 8.72. The molecule has 0 saturated heterocycles. The van der Waals surface area contributed by atoms with Gasteiger partial charge in [-0.3, -0.25) is 9.78 Å². The maximum Gasteiger partial charge on any atom is 0.224 e. The molecule has 1 heterocycles. The largest absolute Gasteiger partial charge is 0.508 e. The van der Waals surface area contributed by atoms with Crippen molar-refractivity contribution in [3.05, 3.63) is 48.3 Å². The molecule has 0 spiro atoms. The highest BCUT2D eigenvalue weighted by atomic mass is 16.3. The zero-order valence-electron chi connectivity index (χ0n) is 12.8. The molecule has 0 bridgehead atoms. The molecule has 0 aliphatic rings. The van der Waals surface area contributed by atoms with Crippen LogP contribution < -0.4 is 10.6 Å². The van der Waals surface area contributed by atoms with Gasteiger partial charge in [0.05, 0.1) is 11.7 Å². The molecule has 0 aliphatic heterocycles. The van der Waals surface area contributed by atoms with Gasteiger partial charge in [-0.25, -0.2) is 0 Å². The summed E-state index contributed by atoms with van der Waals surface area (Å²) >= 11 is 0. The van der Waals surface area contributed by atoms with Crippen molar-refractivity contribution < 1.29 is 9.90 Å². The van der Waals surface area contributed by atoms with Gasteiger partial charge in [-0.05, 0) is 43.7 Å². The number of aromatic hydroxyl groups is 1. The average Bonchev–Trinajstić information content (AvgIpc) is 2.50. The fraction of sp³-hybridized carbons (Fsp3) is 0.294. The maximum absolute atomic E-state index is 11.7. The average molecular weight is 299 g/mol. The summed E-state index contributed by atoms with van der Waals surface area (Å²) < 4.78 is 0. The first kappa shape index (κ1) is 15.8. The van der Waals surface area contributed by atoms with Crippen LogP contribution in [0.5, 0.6) is 5.75 Å². The van der Waals surface area contributed by atoms with Crippen LogP contribution in [0.2, 0.25) is 0 Å². The van der Waals surface area contributed by atoms with E-state index < -0.39 is 0 Å². The molecule has 2 aromatic rings. The monoisotopic (exact) mass is 299 g/mol. The summed E-state index contributed by atoms with van der Waals surface area (Å²) in [7, 11) is 0. The summed E-state index contributed by atoms with van der Waals surface area (Å²) in [5, 5.41) is 16.2. The normalized spacial score (nSPS) is 11.7. The number of rotatable bonds is 6. The van der Waals surface area contributed by atoms with E-state index in [0.717, 1.165) is 17.7 Å². The lowest BCUT2D eigenvalue weighted by Crippen LogP contribution is -2.12. The third-order valence-corrected chi connectivity index (χ3v) is 3.30. The van der Waals surface area contributed by atoms with Crippen molar-refractivity contribution in [2.75, 3.05) is 10.6 Å². The van der Waals surface area contributed by atoms with Gasteiger partial charge in [0.25, 0.3) is 0 Å².